The molecule has 2 aromatic rings. The molecule has 2 saturated carbocycles. The monoisotopic (exact) mass is 460 g/mol. The second kappa shape index (κ2) is 10.2. The van der Waals surface area contributed by atoms with Gasteiger partial charge in [-0.1, -0.05) is 34.6 Å². The van der Waals surface area contributed by atoms with Crippen LogP contribution in [0.1, 0.15) is 112 Å². The molecule has 1 heterocycles. The Balaban J connectivity index is 0.000000252. The maximum atomic E-state index is 14.3. The number of aryl methyl sites for hydroxylation is 1. The summed E-state index contributed by atoms with van der Waals surface area (Å²) in [6, 6.07) is 3.27. The first-order valence-electron chi connectivity index (χ1n) is 12.7. The number of benzene rings is 1. The Labute approximate surface area is 200 Å². The number of rotatable bonds is 6. The fourth-order valence-corrected chi connectivity index (χ4v) is 4.84. The second-order valence-corrected chi connectivity index (χ2v) is 11.1. The molecule has 4 nitrogen and oxygen atoms in total. The maximum absolute atomic E-state index is 14.3. The van der Waals surface area contributed by atoms with Gasteiger partial charge >= 0.3 is 0 Å². The Morgan fingerprint density at radius 3 is 2.21 bits per heavy atom. The lowest BCUT2D eigenvalue weighted by Crippen LogP contribution is -2.37. The largest absolute Gasteiger partial charge is 0.386 e. The van der Waals surface area contributed by atoms with Crippen LogP contribution in [0.2, 0.25) is 0 Å². The van der Waals surface area contributed by atoms with Crippen molar-refractivity contribution in [3.63, 3.8) is 0 Å². The molecule has 2 fully saturated rings. The molecular weight excluding hydrogens is 415 g/mol. The van der Waals surface area contributed by atoms with E-state index in [1.54, 1.807) is 13.8 Å². The zero-order valence-electron chi connectivity index (χ0n) is 22.3. The number of carbonyl (C=O) groups is 1. The van der Waals surface area contributed by atoms with E-state index < -0.39 is 5.60 Å². The fraction of sp³-hybridized carbons (Fsp3) is 0.714. The highest BCUT2D eigenvalue weighted by molar-refractivity contribution is 5.79. The van der Waals surface area contributed by atoms with Gasteiger partial charge in [0.25, 0.3) is 0 Å². The second-order valence-electron chi connectivity index (χ2n) is 11.1. The predicted molar refractivity (Wildman–Crippen MR) is 135 cm³/mol. The van der Waals surface area contributed by atoms with E-state index in [2.05, 4.69) is 30.3 Å². The number of nitrogens with zero attached hydrogens (tertiary/aromatic N) is 2. The van der Waals surface area contributed by atoms with Crippen molar-refractivity contribution in [2.24, 2.45) is 11.3 Å². The first kappa shape index (κ1) is 27.5. The lowest BCUT2D eigenvalue weighted by atomic mass is 9.78. The van der Waals surface area contributed by atoms with Crippen LogP contribution in [-0.2, 0) is 15.9 Å². The number of aromatic nitrogens is 2. The molecule has 2 aliphatic carbocycles. The van der Waals surface area contributed by atoms with E-state index >= 15 is 0 Å². The van der Waals surface area contributed by atoms with Gasteiger partial charge in [0.05, 0.1) is 11.1 Å². The number of ketones is 1. The van der Waals surface area contributed by atoms with Gasteiger partial charge in [-0.15, -0.1) is 0 Å². The summed E-state index contributed by atoms with van der Waals surface area (Å²) >= 11 is 0. The predicted octanol–water partition coefficient (Wildman–Crippen LogP) is 7.43. The van der Waals surface area contributed by atoms with E-state index in [0.717, 1.165) is 36.5 Å². The van der Waals surface area contributed by atoms with Crippen LogP contribution in [0.15, 0.2) is 12.1 Å². The van der Waals surface area contributed by atoms with E-state index in [0.29, 0.717) is 23.3 Å². The Hall–Kier alpha value is -1.75. The van der Waals surface area contributed by atoms with Crippen molar-refractivity contribution in [1.29, 1.82) is 0 Å². The average molecular weight is 461 g/mol. The lowest BCUT2D eigenvalue weighted by Gasteiger charge is -2.41. The highest BCUT2D eigenvalue weighted by atomic mass is 19.1. The molecule has 4 rings (SSSR count). The topological polar surface area (TPSA) is 55.1 Å². The molecule has 0 radical (unpaired) electrons. The molecule has 0 bridgehead atoms. The maximum Gasteiger partial charge on any atom is 0.151 e. The number of Topliss-reactive ketones (excluding diaryl/α,β-unsaturated/α-hetero) is 1. The van der Waals surface area contributed by atoms with E-state index in [4.69, 9.17) is 0 Å². The number of halogens is 1. The van der Waals surface area contributed by atoms with Crippen molar-refractivity contribution in [1.82, 2.24) is 9.55 Å². The molecule has 0 aliphatic heterocycles. The van der Waals surface area contributed by atoms with Crippen LogP contribution in [0.5, 0.6) is 0 Å². The third kappa shape index (κ3) is 6.23. The molecule has 1 aromatic carbocycles. The Morgan fingerprint density at radius 2 is 1.79 bits per heavy atom. The van der Waals surface area contributed by atoms with Crippen LogP contribution < -0.4 is 0 Å². The van der Waals surface area contributed by atoms with Crippen LogP contribution in [0.4, 0.5) is 4.39 Å². The Kier molecular flexibility index (Phi) is 8.54. The van der Waals surface area contributed by atoms with Gasteiger partial charge in [-0.3, -0.25) is 4.79 Å². The highest BCUT2D eigenvalue weighted by Crippen LogP contribution is 2.47. The quantitative estimate of drug-likeness (QED) is 0.488. The van der Waals surface area contributed by atoms with Gasteiger partial charge in [0.15, 0.2) is 5.82 Å². The number of aliphatic hydroxyl groups is 1. The van der Waals surface area contributed by atoms with Crippen LogP contribution in [0, 0.1) is 24.1 Å². The number of hydrogen-bond acceptors (Lipinski definition) is 3. The zero-order chi connectivity index (χ0) is 25.2. The minimum absolute atomic E-state index is 0.0312. The molecule has 0 spiro atoms. The van der Waals surface area contributed by atoms with Crippen molar-refractivity contribution in [2.45, 2.75) is 118 Å². The SMILES string of the molecule is CC.CCC(=O)CC(C)(C)C1CC1.Cc1nc2c(F)cc(C(C)(C)O)cc2n1C1(C)CCC1. The van der Waals surface area contributed by atoms with Gasteiger partial charge in [-0.05, 0) is 88.8 Å². The molecule has 33 heavy (non-hydrogen) atoms. The fourth-order valence-electron chi connectivity index (χ4n) is 4.84. The third-order valence-electron chi connectivity index (χ3n) is 7.29. The molecule has 0 atom stereocenters. The molecule has 186 valence electrons. The summed E-state index contributed by atoms with van der Waals surface area (Å²) in [5.74, 6) is 1.73. The first-order chi connectivity index (χ1) is 15.3. The molecule has 0 amide bonds. The van der Waals surface area contributed by atoms with Crippen LogP contribution >= 0.6 is 0 Å². The van der Waals surface area contributed by atoms with Crippen molar-refractivity contribution < 1.29 is 14.3 Å². The van der Waals surface area contributed by atoms with E-state index in [9.17, 15) is 14.3 Å². The number of fused-ring (bicyclic) bond motifs is 1. The van der Waals surface area contributed by atoms with E-state index in [1.165, 1.54) is 25.3 Å². The number of hydrogen-bond donors (Lipinski definition) is 1. The minimum Gasteiger partial charge on any atom is -0.386 e. The third-order valence-corrected chi connectivity index (χ3v) is 7.29. The summed E-state index contributed by atoms with van der Waals surface area (Å²) in [5, 5.41) is 10.1. The van der Waals surface area contributed by atoms with Gasteiger partial charge in [0.1, 0.15) is 17.1 Å². The van der Waals surface area contributed by atoms with Gasteiger partial charge < -0.3 is 9.67 Å². The zero-order valence-corrected chi connectivity index (χ0v) is 22.3. The van der Waals surface area contributed by atoms with Crippen molar-refractivity contribution >= 4 is 16.8 Å². The summed E-state index contributed by atoms with van der Waals surface area (Å²) in [6.45, 7) is 17.9. The van der Waals surface area contributed by atoms with Gasteiger partial charge in [-0.2, -0.15) is 0 Å². The molecule has 1 N–H and O–H groups in total. The standard InChI is InChI=1S/C16H21FN2O.C10H18O.C2H6/c1-10-18-14-12(17)8-11(15(2,3)20)9-13(14)19(10)16(4)6-5-7-16;1-4-9(11)7-10(2,3)8-5-6-8;1-2/h8-9,20H,5-7H2,1-4H3;8H,4-7H2,1-3H3;1-2H3. The molecule has 0 saturated heterocycles. The van der Waals surface area contributed by atoms with Crippen LogP contribution in [0.3, 0.4) is 0 Å². The first-order valence-corrected chi connectivity index (χ1v) is 12.7. The summed E-state index contributed by atoms with van der Waals surface area (Å²) < 4.78 is 16.4. The van der Waals surface area contributed by atoms with Gasteiger partial charge in [-0.25, -0.2) is 9.37 Å². The molecule has 0 unspecified atom stereocenters. The van der Waals surface area contributed by atoms with E-state index in [1.807, 2.05) is 33.8 Å². The van der Waals surface area contributed by atoms with Gasteiger partial charge in [0, 0.05) is 18.4 Å². The number of imidazole rings is 1. The summed E-state index contributed by atoms with van der Waals surface area (Å²) in [4.78, 5) is 15.5. The molecular formula is C28H45FN2O2. The van der Waals surface area contributed by atoms with Crippen LogP contribution in [-0.4, -0.2) is 20.4 Å². The Morgan fingerprint density at radius 1 is 1.21 bits per heavy atom. The average Bonchev–Trinajstić information content (AvgIpc) is 3.51. The normalized spacial score (nSPS) is 17.4. The van der Waals surface area contributed by atoms with Crippen LogP contribution in [0.25, 0.3) is 11.0 Å². The molecule has 5 heteroatoms. The van der Waals surface area contributed by atoms with Crippen molar-refractivity contribution in [3.8, 4) is 0 Å². The van der Waals surface area contributed by atoms with E-state index in [-0.39, 0.29) is 16.8 Å². The Bertz CT molecular complexity index is 960. The smallest absolute Gasteiger partial charge is 0.151 e. The molecule has 1 aromatic heterocycles. The summed E-state index contributed by atoms with van der Waals surface area (Å²) in [7, 11) is 0. The summed E-state index contributed by atoms with van der Waals surface area (Å²) in [6.07, 6.45) is 7.54. The minimum atomic E-state index is -1.06. The summed E-state index contributed by atoms with van der Waals surface area (Å²) in [5.41, 5.74) is 1.05. The number of carbonyl (C=O) groups excluding carboxylic acids is 1. The lowest BCUT2D eigenvalue weighted by molar-refractivity contribution is -0.120. The van der Waals surface area contributed by atoms with Gasteiger partial charge in [0.2, 0.25) is 0 Å². The van der Waals surface area contributed by atoms with Crippen molar-refractivity contribution in [3.05, 3.63) is 29.3 Å². The molecule has 2 aliphatic rings. The van der Waals surface area contributed by atoms with Crippen molar-refractivity contribution in [2.75, 3.05) is 0 Å². The highest BCUT2D eigenvalue weighted by Gasteiger charge is 2.38.